The molecule has 2 aromatic rings. The van der Waals surface area contributed by atoms with E-state index in [0.29, 0.717) is 23.8 Å². The van der Waals surface area contributed by atoms with Crippen LogP contribution in [0.2, 0.25) is 0 Å². The molecule has 35 heavy (non-hydrogen) atoms. The quantitative estimate of drug-likeness (QED) is 0.157. The van der Waals surface area contributed by atoms with Gasteiger partial charge in [-0.1, -0.05) is 115 Å². The van der Waals surface area contributed by atoms with Gasteiger partial charge in [0.25, 0.3) is 10.1 Å². The lowest BCUT2D eigenvalue weighted by molar-refractivity contribution is 0.0694. The topological polar surface area (TPSA) is 91.7 Å². The Morgan fingerprint density at radius 3 is 1.57 bits per heavy atom. The Hall–Kier alpha value is -1.92. The summed E-state index contributed by atoms with van der Waals surface area (Å²) in [6.07, 6.45) is 16.7. The summed E-state index contributed by atoms with van der Waals surface area (Å²) in [5.74, 6) is -1.32. The van der Waals surface area contributed by atoms with Crippen LogP contribution in [0.5, 0.6) is 0 Å². The van der Waals surface area contributed by atoms with Crippen molar-refractivity contribution in [3.05, 3.63) is 41.0 Å². The number of benzene rings is 2. The van der Waals surface area contributed by atoms with Crippen molar-refractivity contribution in [3.8, 4) is 0 Å². The van der Waals surface area contributed by atoms with Crippen LogP contribution in [0.4, 0.5) is 0 Å². The fourth-order valence-electron chi connectivity index (χ4n) is 5.10. The Morgan fingerprint density at radius 1 is 0.686 bits per heavy atom. The first-order chi connectivity index (χ1) is 16.8. The summed E-state index contributed by atoms with van der Waals surface area (Å²) in [4.78, 5) is 11.8. The molecule has 0 unspecified atom stereocenters. The summed E-state index contributed by atoms with van der Waals surface area (Å²) in [6, 6.07) is 7.13. The fourth-order valence-corrected chi connectivity index (χ4v) is 6.09. The van der Waals surface area contributed by atoms with Gasteiger partial charge in [-0.3, -0.25) is 4.55 Å². The molecule has 0 saturated carbocycles. The zero-order chi connectivity index (χ0) is 25.7. The molecule has 0 aliphatic carbocycles. The van der Waals surface area contributed by atoms with Crippen molar-refractivity contribution in [1.29, 1.82) is 0 Å². The number of unbranched alkanes of at least 4 members (excludes halogenated alkanes) is 12. The third-order valence-electron chi connectivity index (χ3n) is 6.92. The van der Waals surface area contributed by atoms with Crippen LogP contribution in [-0.2, 0) is 23.0 Å². The van der Waals surface area contributed by atoms with Crippen LogP contribution in [0.25, 0.3) is 10.8 Å². The molecule has 0 aromatic heterocycles. The van der Waals surface area contributed by atoms with Crippen LogP contribution in [0.3, 0.4) is 0 Å². The van der Waals surface area contributed by atoms with E-state index in [9.17, 15) is 22.9 Å². The molecule has 0 fully saturated rings. The van der Waals surface area contributed by atoms with Gasteiger partial charge in [0.05, 0.1) is 5.56 Å². The van der Waals surface area contributed by atoms with Gasteiger partial charge in [-0.05, 0) is 47.6 Å². The van der Waals surface area contributed by atoms with Gasteiger partial charge in [0, 0.05) is 0 Å². The fraction of sp³-hybridized carbons (Fsp3) is 0.621. The highest BCUT2D eigenvalue weighted by Gasteiger charge is 2.29. The van der Waals surface area contributed by atoms with E-state index in [1.165, 1.54) is 44.9 Å². The molecule has 0 spiro atoms. The summed E-state index contributed by atoms with van der Waals surface area (Å²) in [6.45, 7) is 4.38. The average molecular weight is 505 g/mol. The van der Waals surface area contributed by atoms with E-state index < -0.39 is 21.0 Å². The van der Waals surface area contributed by atoms with Gasteiger partial charge in [0.1, 0.15) is 4.90 Å². The van der Waals surface area contributed by atoms with E-state index in [0.717, 1.165) is 55.9 Å². The standard InChI is InChI=1S/C29H44O5S/c1-3-5-7-9-11-13-15-19-24-23-20-17-18-21-25(23)27(29(30)31)28(35(32,33)34)26(24)22-16-14-12-10-8-6-4-2/h17-18,20-21H,3-16,19,22H2,1-2H3,(H,30,31)(H,32,33,34). The Morgan fingerprint density at radius 2 is 1.11 bits per heavy atom. The zero-order valence-corrected chi connectivity index (χ0v) is 22.5. The molecule has 0 heterocycles. The Bertz CT molecular complexity index is 1040. The van der Waals surface area contributed by atoms with E-state index in [-0.39, 0.29) is 5.56 Å². The summed E-state index contributed by atoms with van der Waals surface area (Å²) in [7, 11) is -4.70. The second kappa shape index (κ2) is 15.2. The summed E-state index contributed by atoms with van der Waals surface area (Å²) < 4.78 is 35.3. The van der Waals surface area contributed by atoms with Crippen LogP contribution >= 0.6 is 0 Å². The molecule has 0 atom stereocenters. The van der Waals surface area contributed by atoms with Gasteiger partial charge < -0.3 is 5.11 Å². The Balaban J connectivity index is 2.38. The lowest BCUT2D eigenvalue weighted by atomic mass is 9.88. The third-order valence-corrected chi connectivity index (χ3v) is 7.89. The molecule has 196 valence electrons. The molecule has 6 heteroatoms. The smallest absolute Gasteiger partial charge is 0.337 e. The van der Waals surface area contributed by atoms with Crippen LogP contribution in [0.1, 0.15) is 125 Å². The van der Waals surface area contributed by atoms with Gasteiger partial charge in [-0.25, -0.2) is 4.79 Å². The van der Waals surface area contributed by atoms with Crippen molar-refractivity contribution in [2.75, 3.05) is 0 Å². The van der Waals surface area contributed by atoms with Crippen molar-refractivity contribution in [2.45, 2.75) is 121 Å². The number of carbonyl (C=O) groups is 1. The minimum Gasteiger partial charge on any atom is -0.478 e. The first-order valence-corrected chi connectivity index (χ1v) is 15.0. The number of carboxylic acids is 1. The minimum atomic E-state index is -4.70. The number of fused-ring (bicyclic) bond motifs is 1. The zero-order valence-electron chi connectivity index (χ0n) is 21.7. The number of rotatable bonds is 18. The molecule has 2 rings (SSSR count). The molecule has 0 aliphatic rings. The molecule has 5 nitrogen and oxygen atoms in total. The molecule has 2 aromatic carbocycles. The van der Waals surface area contributed by atoms with Crippen molar-refractivity contribution in [2.24, 2.45) is 0 Å². The number of aromatic carboxylic acids is 1. The number of aryl methyl sites for hydroxylation is 1. The summed E-state index contributed by atoms with van der Waals surface area (Å²) in [5, 5.41) is 11.2. The number of hydrogen-bond acceptors (Lipinski definition) is 3. The van der Waals surface area contributed by atoms with Gasteiger partial charge in [-0.15, -0.1) is 0 Å². The lowest BCUT2D eigenvalue weighted by Gasteiger charge is -2.20. The SMILES string of the molecule is CCCCCCCCCc1c(S(=O)(=O)O)c(C(=O)O)c2ccccc2c1CCCCCCCCC. The second-order valence-corrected chi connectivity index (χ2v) is 11.1. The van der Waals surface area contributed by atoms with Crippen LogP contribution in [0.15, 0.2) is 29.2 Å². The maximum Gasteiger partial charge on any atom is 0.337 e. The first kappa shape index (κ1) is 29.3. The largest absolute Gasteiger partial charge is 0.478 e. The summed E-state index contributed by atoms with van der Waals surface area (Å²) in [5.41, 5.74) is 1.09. The van der Waals surface area contributed by atoms with E-state index in [4.69, 9.17) is 0 Å². The van der Waals surface area contributed by atoms with Gasteiger partial charge in [0.15, 0.2) is 0 Å². The second-order valence-electron chi connectivity index (χ2n) is 9.73. The van der Waals surface area contributed by atoms with Crippen molar-refractivity contribution < 1.29 is 22.9 Å². The minimum absolute atomic E-state index is 0.302. The van der Waals surface area contributed by atoms with Crippen LogP contribution in [-0.4, -0.2) is 24.0 Å². The van der Waals surface area contributed by atoms with Gasteiger partial charge in [0.2, 0.25) is 0 Å². The van der Waals surface area contributed by atoms with Crippen LogP contribution < -0.4 is 0 Å². The van der Waals surface area contributed by atoms with Crippen molar-refractivity contribution in [1.82, 2.24) is 0 Å². The van der Waals surface area contributed by atoms with Crippen LogP contribution in [0, 0.1) is 0 Å². The van der Waals surface area contributed by atoms with E-state index in [1.807, 2.05) is 12.1 Å². The number of hydrogen-bond donors (Lipinski definition) is 2. The van der Waals surface area contributed by atoms with Crippen molar-refractivity contribution >= 4 is 26.9 Å². The van der Waals surface area contributed by atoms with Gasteiger partial charge >= 0.3 is 5.97 Å². The third kappa shape index (κ3) is 8.91. The van der Waals surface area contributed by atoms with Crippen molar-refractivity contribution in [3.63, 3.8) is 0 Å². The Kier molecular flexibility index (Phi) is 12.8. The molecule has 0 saturated heterocycles. The normalized spacial score (nSPS) is 11.9. The Labute approximate surface area is 212 Å². The molecule has 0 aliphatic heterocycles. The molecule has 0 radical (unpaired) electrons. The lowest BCUT2D eigenvalue weighted by Crippen LogP contribution is -2.15. The molecular weight excluding hydrogens is 460 g/mol. The number of carboxylic acid groups (broad SMARTS) is 1. The molecule has 2 N–H and O–H groups in total. The maximum absolute atomic E-state index is 12.6. The highest BCUT2D eigenvalue weighted by atomic mass is 32.2. The van der Waals surface area contributed by atoms with E-state index in [2.05, 4.69) is 13.8 Å². The first-order valence-electron chi connectivity index (χ1n) is 13.6. The highest BCUT2D eigenvalue weighted by molar-refractivity contribution is 7.86. The summed E-state index contributed by atoms with van der Waals surface area (Å²) >= 11 is 0. The average Bonchev–Trinajstić information content (AvgIpc) is 2.82. The predicted molar refractivity (Wildman–Crippen MR) is 144 cm³/mol. The molecule has 0 bridgehead atoms. The highest BCUT2D eigenvalue weighted by Crippen LogP contribution is 2.36. The molecule has 0 amide bonds. The van der Waals surface area contributed by atoms with Gasteiger partial charge in [-0.2, -0.15) is 8.42 Å². The maximum atomic E-state index is 12.6. The predicted octanol–water partition coefficient (Wildman–Crippen LogP) is 8.37. The van der Waals surface area contributed by atoms with E-state index >= 15 is 0 Å². The monoisotopic (exact) mass is 504 g/mol. The van der Waals surface area contributed by atoms with E-state index in [1.54, 1.807) is 12.1 Å². The molecular formula is C29H44O5S.